The third-order valence-electron chi connectivity index (χ3n) is 1.63. The molecule has 0 aromatic heterocycles. The van der Waals surface area contributed by atoms with Crippen molar-refractivity contribution < 1.29 is 41.4 Å². The van der Waals surface area contributed by atoms with Crippen LogP contribution in [0.2, 0.25) is 0 Å². The molecule has 0 saturated carbocycles. The first kappa shape index (κ1) is 14.8. The quantitative estimate of drug-likeness (QED) is 0.582. The van der Waals surface area contributed by atoms with E-state index in [1.54, 1.807) is 0 Å². The Hall–Kier alpha value is -1.25. The second-order valence-electron chi connectivity index (χ2n) is 2.89. The maximum atomic E-state index is 12.0. The highest BCUT2D eigenvalue weighted by atomic mass is 19.4. The molecule has 3 nitrogen and oxygen atoms in total. The molecule has 0 rings (SSSR count). The predicted molar refractivity (Wildman–Crippen MR) is 38.5 cm³/mol. The summed E-state index contributed by atoms with van der Waals surface area (Å²) in [5.74, 6) is -1.99. The van der Waals surface area contributed by atoms with Gasteiger partial charge in [-0.25, -0.2) is 4.79 Å². The average Bonchev–Trinajstić information content (AvgIpc) is 1.99. The SMILES string of the molecule is CC(=CC(O)(C(F)(F)F)C(F)(F)F)C(=O)O. The monoisotopic (exact) mass is 252 g/mol. The van der Waals surface area contributed by atoms with Crippen LogP contribution in [-0.4, -0.2) is 34.1 Å². The van der Waals surface area contributed by atoms with Crippen LogP contribution in [-0.2, 0) is 4.79 Å². The summed E-state index contributed by atoms with van der Waals surface area (Å²) in [5, 5.41) is 16.7. The van der Waals surface area contributed by atoms with Gasteiger partial charge in [-0.2, -0.15) is 26.3 Å². The second-order valence-corrected chi connectivity index (χ2v) is 2.89. The predicted octanol–water partition coefficient (Wildman–Crippen LogP) is 1.87. The van der Waals surface area contributed by atoms with Crippen LogP contribution in [0, 0.1) is 0 Å². The summed E-state index contributed by atoms with van der Waals surface area (Å²) in [6.07, 6.45) is -12.9. The number of alkyl halides is 6. The summed E-state index contributed by atoms with van der Waals surface area (Å²) in [5.41, 5.74) is -6.43. The highest BCUT2D eigenvalue weighted by molar-refractivity contribution is 5.86. The summed E-state index contributed by atoms with van der Waals surface area (Å²) < 4.78 is 72.1. The summed E-state index contributed by atoms with van der Waals surface area (Å²) in [6.45, 7) is 0.505. The van der Waals surface area contributed by atoms with Crippen molar-refractivity contribution in [2.45, 2.75) is 24.9 Å². The molecule has 16 heavy (non-hydrogen) atoms. The van der Waals surface area contributed by atoms with Gasteiger partial charge in [-0.15, -0.1) is 0 Å². The van der Waals surface area contributed by atoms with Crippen molar-refractivity contribution in [3.63, 3.8) is 0 Å². The van der Waals surface area contributed by atoms with Gasteiger partial charge in [0.2, 0.25) is 0 Å². The van der Waals surface area contributed by atoms with Crippen molar-refractivity contribution in [2.24, 2.45) is 0 Å². The van der Waals surface area contributed by atoms with Crippen LogP contribution in [0.3, 0.4) is 0 Å². The molecule has 2 N–H and O–H groups in total. The van der Waals surface area contributed by atoms with Crippen LogP contribution in [0.5, 0.6) is 0 Å². The Kier molecular flexibility index (Phi) is 3.65. The maximum absolute atomic E-state index is 12.0. The van der Waals surface area contributed by atoms with E-state index in [0.29, 0.717) is 6.92 Å². The summed E-state index contributed by atoms with van der Waals surface area (Å²) in [4.78, 5) is 10.1. The summed E-state index contributed by atoms with van der Waals surface area (Å²) >= 11 is 0. The van der Waals surface area contributed by atoms with E-state index in [1.165, 1.54) is 0 Å². The Bertz CT molecular complexity index is 299. The van der Waals surface area contributed by atoms with Crippen LogP contribution in [0.1, 0.15) is 6.92 Å². The maximum Gasteiger partial charge on any atom is 0.430 e. The van der Waals surface area contributed by atoms with Gasteiger partial charge < -0.3 is 10.2 Å². The van der Waals surface area contributed by atoms with E-state index in [2.05, 4.69) is 0 Å². The molecule has 0 atom stereocenters. The first-order chi connectivity index (χ1) is 6.83. The number of carboxylic acid groups (broad SMARTS) is 1. The van der Waals surface area contributed by atoms with Gasteiger partial charge in [-0.1, -0.05) is 0 Å². The van der Waals surface area contributed by atoms with Crippen LogP contribution >= 0.6 is 0 Å². The fraction of sp³-hybridized carbons (Fsp3) is 0.571. The normalized spacial score (nSPS) is 15.1. The Morgan fingerprint density at radius 3 is 1.56 bits per heavy atom. The van der Waals surface area contributed by atoms with Gasteiger partial charge in [0.1, 0.15) is 0 Å². The van der Waals surface area contributed by atoms with Gasteiger partial charge >= 0.3 is 18.3 Å². The van der Waals surface area contributed by atoms with E-state index < -0.39 is 35.6 Å². The molecule has 0 aliphatic carbocycles. The second kappa shape index (κ2) is 3.96. The molecule has 0 aliphatic rings. The molecule has 0 aromatic carbocycles. The lowest BCUT2D eigenvalue weighted by atomic mass is 9.99. The van der Waals surface area contributed by atoms with E-state index in [0.717, 1.165) is 0 Å². The van der Waals surface area contributed by atoms with Crippen LogP contribution in [0.15, 0.2) is 11.6 Å². The number of hydrogen-bond acceptors (Lipinski definition) is 2. The Morgan fingerprint density at radius 1 is 1.06 bits per heavy atom. The number of halogens is 6. The molecule has 0 aliphatic heterocycles. The Morgan fingerprint density at radius 2 is 1.38 bits per heavy atom. The third-order valence-corrected chi connectivity index (χ3v) is 1.63. The topological polar surface area (TPSA) is 57.5 Å². The zero-order valence-corrected chi connectivity index (χ0v) is 7.65. The third kappa shape index (κ3) is 2.65. The minimum Gasteiger partial charge on any atom is -0.478 e. The summed E-state index contributed by atoms with van der Waals surface area (Å²) in [7, 11) is 0. The number of hydrogen-bond donors (Lipinski definition) is 2. The molecule has 94 valence electrons. The fourth-order valence-corrected chi connectivity index (χ4v) is 0.699. The van der Waals surface area contributed by atoms with Crippen LogP contribution in [0.25, 0.3) is 0 Å². The molecular formula is C7H6F6O3. The smallest absolute Gasteiger partial charge is 0.430 e. The Balaban J connectivity index is 5.64. The number of aliphatic hydroxyl groups is 1. The summed E-state index contributed by atoms with van der Waals surface area (Å²) in [6, 6.07) is 0. The molecule has 0 fully saturated rings. The van der Waals surface area contributed by atoms with Crippen LogP contribution < -0.4 is 0 Å². The van der Waals surface area contributed by atoms with Crippen molar-refractivity contribution in [2.75, 3.05) is 0 Å². The lowest BCUT2D eigenvalue weighted by Gasteiger charge is -2.29. The largest absolute Gasteiger partial charge is 0.478 e. The first-order valence-electron chi connectivity index (χ1n) is 3.61. The van der Waals surface area contributed by atoms with E-state index >= 15 is 0 Å². The zero-order chi connectivity index (χ0) is 13.4. The molecule has 0 aromatic rings. The van der Waals surface area contributed by atoms with E-state index in [-0.39, 0.29) is 0 Å². The van der Waals surface area contributed by atoms with Gasteiger partial charge in [0.25, 0.3) is 5.60 Å². The van der Waals surface area contributed by atoms with Gasteiger partial charge in [0, 0.05) is 5.57 Å². The minimum absolute atomic E-state index is 0.505. The van der Waals surface area contributed by atoms with Crippen molar-refractivity contribution in [3.8, 4) is 0 Å². The number of carbonyl (C=O) groups is 1. The minimum atomic E-state index is -6.05. The van der Waals surface area contributed by atoms with Crippen molar-refractivity contribution >= 4 is 5.97 Å². The first-order valence-corrected chi connectivity index (χ1v) is 3.61. The molecule has 0 saturated heterocycles. The number of aliphatic carboxylic acids is 1. The van der Waals surface area contributed by atoms with Gasteiger partial charge in [0.05, 0.1) is 0 Å². The van der Waals surface area contributed by atoms with E-state index in [4.69, 9.17) is 10.2 Å². The fourth-order valence-electron chi connectivity index (χ4n) is 0.699. The molecule has 0 spiro atoms. The zero-order valence-electron chi connectivity index (χ0n) is 7.65. The number of rotatable bonds is 2. The van der Waals surface area contributed by atoms with Crippen LogP contribution in [0.4, 0.5) is 26.3 Å². The highest BCUT2D eigenvalue weighted by Gasteiger charge is 2.69. The molecule has 9 heteroatoms. The molecule has 0 unspecified atom stereocenters. The molecule has 0 radical (unpaired) electrons. The average molecular weight is 252 g/mol. The van der Waals surface area contributed by atoms with Gasteiger partial charge in [-0.3, -0.25) is 0 Å². The number of carboxylic acids is 1. The molecular weight excluding hydrogens is 246 g/mol. The molecule has 0 bridgehead atoms. The van der Waals surface area contributed by atoms with Crippen molar-refractivity contribution in [1.82, 2.24) is 0 Å². The lowest BCUT2D eigenvalue weighted by molar-refractivity contribution is -0.347. The van der Waals surface area contributed by atoms with E-state index in [1.807, 2.05) is 0 Å². The van der Waals surface area contributed by atoms with Gasteiger partial charge in [0.15, 0.2) is 0 Å². The highest BCUT2D eigenvalue weighted by Crippen LogP contribution is 2.44. The van der Waals surface area contributed by atoms with Crippen molar-refractivity contribution in [3.05, 3.63) is 11.6 Å². The Labute approximate surface area is 85.0 Å². The molecule has 0 amide bonds. The van der Waals surface area contributed by atoms with Gasteiger partial charge in [-0.05, 0) is 13.0 Å². The van der Waals surface area contributed by atoms with Crippen molar-refractivity contribution in [1.29, 1.82) is 0 Å². The lowest BCUT2D eigenvalue weighted by Crippen LogP contribution is -2.55. The molecule has 0 heterocycles. The van der Waals surface area contributed by atoms with E-state index in [9.17, 15) is 31.1 Å². The standard InChI is InChI=1S/C7H6F6O3/c1-3(4(14)15)2-5(16,6(8,9)10)7(11,12)13/h2,16H,1H3,(H,14,15).